The number of rotatable bonds is 2. The van der Waals surface area contributed by atoms with Crippen molar-refractivity contribution in [1.82, 2.24) is 4.98 Å². The number of Topliss-reactive ketones (excluding diaryl/α,β-unsaturated/α-hetero) is 1. The molecule has 2 unspecified atom stereocenters. The molecule has 2 aromatic carbocycles. The molecule has 2 heterocycles. The number of carbonyl (C=O) groups is 1. The maximum absolute atomic E-state index is 13.3. The molecule has 0 N–H and O–H groups in total. The van der Waals surface area contributed by atoms with Crippen LogP contribution in [0, 0.1) is 28.6 Å². The van der Waals surface area contributed by atoms with Crippen LogP contribution in [0.2, 0.25) is 5.02 Å². The monoisotopic (exact) mass is 425 g/mol. The standard InChI is InChI=1S/C25H16ClN3O2/c26-18-6-7-20-16(8-18)9-19-23(17(12-27)13-28)24-21(30)10-15(14-4-2-1-3-5-14)11-22(24)31-25(19)29-20/h1-9,15,17,23H,10-11H2. The van der Waals surface area contributed by atoms with Gasteiger partial charge in [0.1, 0.15) is 11.7 Å². The van der Waals surface area contributed by atoms with Gasteiger partial charge in [-0.15, -0.1) is 0 Å². The molecule has 5 nitrogen and oxygen atoms in total. The van der Waals surface area contributed by atoms with E-state index in [2.05, 4.69) is 17.1 Å². The zero-order valence-electron chi connectivity index (χ0n) is 16.4. The summed E-state index contributed by atoms with van der Waals surface area (Å²) in [6.07, 6.45) is 0.833. The van der Waals surface area contributed by atoms with E-state index in [1.54, 1.807) is 18.2 Å². The lowest BCUT2D eigenvalue weighted by Gasteiger charge is -2.35. The molecule has 0 fully saturated rings. The van der Waals surface area contributed by atoms with Crippen molar-refractivity contribution in [2.24, 2.45) is 5.92 Å². The second kappa shape index (κ2) is 7.54. The van der Waals surface area contributed by atoms with E-state index < -0.39 is 11.8 Å². The fourth-order valence-corrected chi connectivity index (χ4v) is 4.73. The summed E-state index contributed by atoms with van der Waals surface area (Å²) in [6, 6.07) is 21.1. The second-order valence-corrected chi connectivity index (χ2v) is 8.25. The number of halogens is 1. The SMILES string of the molecule is N#CC(C#N)C1C2=C(CC(c3ccccc3)CC2=O)Oc2nc3ccc(Cl)cc3cc21. The van der Waals surface area contributed by atoms with Gasteiger partial charge in [-0.3, -0.25) is 4.79 Å². The molecule has 150 valence electrons. The number of nitriles is 2. The summed E-state index contributed by atoms with van der Waals surface area (Å²) in [7, 11) is 0. The van der Waals surface area contributed by atoms with Gasteiger partial charge in [-0.05, 0) is 35.7 Å². The first kappa shape index (κ1) is 19.3. The van der Waals surface area contributed by atoms with Gasteiger partial charge in [-0.1, -0.05) is 41.9 Å². The molecule has 31 heavy (non-hydrogen) atoms. The quantitative estimate of drug-likeness (QED) is 0.546. The summed E-state index contributed by atoms with van der Waals surface area (Å²) in [5.41, 5.74) is 2.76. The molecule has 0 saturated carbocycles. The Hall–Kier alpha value is -3.67. The molecule has 0 amide bonds. The van der Waals surface area contributed by atoms with Crippen LogP contribution in [0.1, 0.15) is 35.8 Å². The number of pyridine rings is 1. The van der Waals surface area contributed by atoms with Gasteiger partial charge >= 0.3 is 0 Å². The zero-order chi connectivity index (χ0) is 21.5. The van der Waals surface area contributed by atoms with Crippen molar-refractivity contribution in [2.45, 2.75) is 24.7 Å². The van der Waals surface area contributed by atoms with Crippen LogP contribution in [0.15, 0.2) is 65.9 Å². The molecule has 2 atom stereocenters. The smallest absolute Gasteiger partial charge is 0.223 e. The number of ketones is 1. The van der Waals surface area contributed by atoms with E-state index in [4.69, 9.17) is 16.3 Å². The van der Waals surface area contributed by atoms with E-state index in [1.165, 1.54) is 0 Å². The molecule has 0 spiro atoms. The van der Waals surface area contributed by atoms with Crippen LogP contribution in [-0.2, 0) is 4.79 Å². The third-order valence-corrected chi connectivity index (χ3v) is 6.22. The van der Waals surface area contributed by atoms with Crippen molar-refractivity contribution in [2.75, 3.05) is 0 Å². The normalized spacial score (nSPS) is 19.9. The van der Waals surface area contributed by atoms with Crippen molar-refractivity contribution >= 4 is 28.3 Å². The van der Waals surface area contributed by atoms with E-state index in [0.717, 1.165) is 10.9 Å². The minimum absolute atomic E-state index is 0.0171. The van der Waals surface area contributed by atoms with Gasteiger partial charge in [0.2, 0.25) is 5.88 Å². The van der Waals surface area contributed by atoms with Crippen LogP contribution >= 0.6 is 11.6 Å². The summed E-state index contributed by atoms with van der Waals surface area (Å²) in [6.45, 7) is 0. The third kappa shape index (κ3) is 3.24. The van der Waals surface area contributed by atoms with Gasteiger partial charge in [0, 0.05) is 34.4 Å². The number of aromatic nitrogens is 1. The molecule has 0 radical (unpaired) electrons. The zero-order valence-corrected chi connectivity index (χ0v) is 17.1. The van der Waals surface area contributed by atoms with Gasteiger partial charge in [-0.25, -0.2) is 4.98 Å². The molecule has 5 rings (SSSR count). The van der Waals surface area contributed by atoms with Crippen LogP contribution in [0.25, 0.3) is 10.9 Å². The Morgan fingerprint density at radius 1 is 1.06 bits per heavy atom. The lowest BCUT2D eigenvalue weighted by Crippen LogP contribution is -2.31. The molecule has 6 heteroatoms. The number of carbonyl (C=O) groups excluding carboxylic acids is 1. The summed E-state index contributed by atoms with van der Waals surface area (Å²) in [5, 5.41) is 20.7. The highest BCUT2D eigenvalue weighted by atomic mass is 35.5. The van der Waals surface area contributed by atoms with Crippen LogP contribution < -0.4 is 4.74 Å². The Kier molecular flexibility index (Phi) is 4.70. The van der Waals surface area contributed by atoms with Gasteiger partial charge in [0.15, 0.2) is 5.78 Å². The molecule has 3 aromatic rings. The number of ether oxygens (including phenoxy) is 1. The molecular formula is C25H16ClN3O2. The number of benzene rings is 2. The number of fused-ring (bicyclic) bond motifs is 2. The fourth-order valence-electron chi connectivity index (χ4n) is 4.55. The van der Waals surface area contributed by atoms with Crippen molar-refractivity contribution in [3.05, 3.63) is 82.1 Å². The first-order valence-electron chi connectivity index (χ1n) is 9.97. The van der Waals surface area contributed by atoms with Gasteiger partial charge in [0.05, 0.1) is 23.6 Å². The van der Waals surface area contributed by atoms with E-state index in [9.17, 15) is 15.3 Å². The average molecular weight is 426 g/mol. The van der Waals surface area contributed by atoms with E-state index in [-0.39, 0.29) is 11.7 Å². The van der Waals surface area contributed by atoms with Gasteiger partial charge in [-0.2, -0.15) is 10.5 Å². The van der Waals surface area contributed by atoms with E-state index in [0.29, 0.717) is 46.2 Å². The molecule has 1 aromatic heterocycles. The van der Waals surface area contributed by atoms with Crippen LogP contribution in [-0.4, -0.2) is 10.8 Å². The average Bonchev–Trinajstić information content (AvgIpc) is 2.78. The lowest BCUT2D eigenvalue weighted by atomic mass is 9.72. The molecule has 0 bridgehead atoms. The van der Waals surface area contributed by atoms with Crippen molar-refractivity contribution in [3.8, 4) is 18.0 Å². The largest absolute Gasteiger partial charge is 0.443 e. The highest BCUT2D eigenvalue weighted by Crippen LogP contribution is 2.49. The summed E-state index contributed by atoms with van der Waals surface area (Å²) >= 11 is 6.14. The van der Waals surface area contributed by atoms with Crippen molar-refractivity contribution in [1.29, 1.82) is 10.5 Å². The number of hydrogen-bond donors (Lipinski definition) is 0. The first-order valence-corrected chi connectivity index (χ1v) is 10.4. The first-order chi connectivity index (χ1) is 15.1. The summed E-state index contributed by atoms with van der Waals surface area (Å²) < 4.78 is 6.16. The molecule has 1 aliphatic heterocycles. The van der Waals surface area contributed by atoms with Gasteiger partial charge < -0.3 is 4.74 Å². The molecule has 1 aliphatic carbocycles. The predicted octanol–water partition coefficient (Wildman–Crippen LogP) is 5.43. The number of nitrogens with zero attached hydrogens (tertiary/aromatic N) is 3. The fraction of sp³-hybridized carbons (Fsp3) is 0.200. The van der Waals surface area contributed by atoms with Crippen molar-refractivity contribution < 1.29 is 9.53 Å². The minimum atomic E-state index is -1.02. The number of hydrogen-bond acceptors (Lipinski definition) is 5. The lowest BCUT2D eigenvalue weighted by molar-refractivity contribution is -0.117. The highest BCUT2D eigenvalue weighted by Gasteiger charge is 2.43. The Morgan fingerprint density at radius 2 is 1.84 bits per heavy atom. The van der Waals surface area contributed by atoms with Crippen molar-refractivity contribution in [3.63, 3.8) is 0 Å². The summed E-state index contributed by atoms with van der Waals surface area (Å²) in [4.78, 5) is 17.9. The number of allylic oxidation sites excluding steroid dienone is 2. The maximum atomic E-state index is 13.3. The van der Waals surface area contributed by atoms with Crippen LogP contribution in [0.4, 0.5) is 0 Å². The Labute approximate surface area is 184 Å². The van der Waals surface area contributed by atoms with E-state index in [1.807, 2.05) is 36.4 Å². The molecule has 0 saturated heterocycles. The minimum Gasteiger partial charge on any atom is -0.443 e. The van der Waals surface area contributed by atoms with Crippen LogP contribution in [0.3, 0.4) is 0 Å². The molecular weight excluding hydrogens is 410 g/mol. The maximum Gasteiger partial charge on any atom is 0.223 e. The Morgan fingerprint density at radius 3 is 2.58 bits per heavy atom. The Balaban J connectivity index is 1.67. The van der Waals surface area contributed by atoms with Gasteiger partial charge in [0.25, 0.3) is 0 Å². The predicted molar refractivity (Wildman–Crippen MR) is 115 cm³/mol. The topological polar surface area (TPSA) is 86.8 Å². The third-order valence-electron chi connectivity index (χ3n) is 5.98. The Bertz CT molecular complexity index is 1320. The van der Waals surface area contributed by atoms with Crippen LogP contribution in [0.5, 0.6) is 5.88 Å². The summed E-state index contributed by atoms with van der Waals surface area (Å²) in [5.74, 6) is -0.976. The second-order valence-electron chi connectivity index (χ2n) is 7.81. The molecule has 2 aliphatic rings. The highest BCUT2D eigenvalue weighted by molar-refractivity contribution is 6.31. The van der Waals surface area contributed by atoms with E-state index >= 15 is 0 Å².